The molecule has 124 valence electrons. The molecule has 2 fully saturated rings. The summed E-state index contributed by atoms with van der Waals surface area (Å²) >= 11 is 0. The van der Waals surface area contributed by atoms with E-state index in [-0.39, 0.29) is 16.7 Å². The van der Waals surface area contributed by atoms with Crippen LogP contribution in [0.2, 0.25) is 0 Å². The van der Waals surface area contributed by atoms with Crippen LogP contribution in [0.1, 0.15) is 56.0 Å². The van der Waals surface area contributed by atoms with E-state index in [9.17, 15) is 4.79 Å². The summed E-state index contributed by atoms with van der Waals surface area (Å²) in [6.45, 7) is 8.92. The van der Waals surface area contributed by atoms with Gasteiger partial charge >= 0.3 is 0 Å². The van der Waals surface area contributed by atoms with Crippen LogP contribution in [-0.2, 0) is 0 Å². The van der Waals surface area contributed by atoms with E-state index in [2.05, 4.69) is 31.3 Å². The number of benzene rings is 1. The van der Waals surface area contributed by atoms with Gasteiger partial charge in [0.1, 0.15) is 5.75 Å². The van der Waals surface area contributed by atoms with Gasteiger partial charge in [0.25, 0.3) is 5.91 Å². The van der Waals surface area contributed by atoms with Crippen molar-refractivity contribution in [3.8, 4) is 5.75 Å². The SMILES string of the molecule is COc1cc(C(=O)N/N=C2/C[C@@H]3CC[C@@]2(C)C3(C)C)ccc1C. The maximum absolute atomic E-state index is 12.4. The third-order valence-electron chi connectivity index (χ3n) is 6.47. The highest BCUT2D eigenvalue weighted by Crippen LogP contribution is 2.63. The van der Waals surface area contributed by atoms with Gasteiger partial charge in [-0.3, -0.25) is 4.79 Å². The third kappa shape index (κ3) is 2.35. The molecule has 2 aliphatic carbocycles. The van der Waals surface area contributed by atoms with Crippen molar-refractivity contribution in [3.63, 3.8) is 0 Å². The largest absolute Gasteiger partial charge is 0.496 e. The topological polar surface area (TPSA) is 50.7 Å². The second-order valence-corrected chi connectivity index (χ2v) is 7.68. The number of ether oxygens (including phenoxy) is 1. The molecule has 1 amide bonds. The van der Waals surface area contributed by atoms with E-state index in [1.165, 1.54) is 6.42 Å². The monoisotopic (exact) mass is 314 g/mol. The van der Waals surface area contributed by atoms with Gasteiger partial charge in [-0.05, 0) is 55.2 Å². The molecule has 0 aromatic heterocycles. The number of hydrazone groups is 1. The number of fused-ring (bicyclic) bond motifs is 2. The van der Waals surface area contributed by atoms with Crippen LogP contribution in [0.15, 0.2) is 23.3 Å². The van der Waals surface area contributed by atoms with Crippen LogP contribution in [0.5, 0.6) is 5.75 Å². The number of nitrogens with zero attached hydrogens (tertiary/aromatic N) is 1. The Labute approximate surface area is 138 Å². The molecular weight excluding hydrogens is 288 g/mol. The smallest absolute Gasteiger partial charge is 0.271 e. The zero-order valence-electron chi connectivity index (χ0n) is 14.7. The van der Waals surface area contributed by atoms with E-state index in [0.717, 1.165) is 29.9 Å². The third-order valence-corrected chi connectivity index (χ3v) is 6.47. The van der Waals surface area contributed by atoms with Crippen LogP contribution in [0.4, 0.5) is 0 Å². The number of methoxy groups -OCH3 is 1. The molecule has 1 N–H and O–H groups in total. The first kappa shape index (κ1) is 16.0. The quantitative estimate of drug-likeness (QED) is 0.859. The number of hydrogen-bond donors (Lipinski definition) is 1. The van der Waals surface area contributed by atoms with Gasteiger partial charge in [-0.25, -0.2) is 5.43 Å². The normalized spacial score (nSPS) is 29.8. The number of carbonyl (C=O) groups is 1. The number of rotatable bonds is 3. The molecule has 2 bridgehead atoms. The molecule has 2 atom stereocenters. The van der Waals surface area contributed by atoms with Crippen molar-refractivity contribution in [1.29, 1.82) is 0 Å². The Hall–Kier alpha value is -1.84. The number of nitrogens with one attached hydrogen (secondary N) is 1. The highest BCUT2D eigenvalue weighted by atomic mass is 16.5. The molecule has 0 heterocycles. The van der Waals surface area contributed by atoms with Gasteiger partial charge in [0, 0.05) is 16.7 Å². The van der Waals surface area contributed by atoms with Crippen LogP contribution in [-0.4, -0.2) is 18.7 Å². The van der Waals surface area contributed by atoms with E-state index >= 15 is 0 Å². The summed E-state index contributed by atoms with van der Waals surface area (Å²) in [5, 5.41) is 4.50. The Kier molecular flexibility index (Phi) is 3.74. The molecular formula is C19H26N2O2. The Morgan fingerprint density at radius 1 is 1.35 bits per heavy atom. The molecule has 4 nitrogen and oxygen atoms in total. The lowest BCUT2D eigenvalue weighted by Crippen LogP contribution is -2.34. The number of amides is 1. The maximum Gasteiger partial charge on any atom is 0.271 e. The first-order valence-electron chi connectivity index (χ1n) is 8.31. The van der Waals surface area contributed by atoms with E-state index < -0.39 is 0 Å². The predicted molar refractivity (Wildman–Crippen MR) is 91.9 cm³/mol. The first-order chi connectivity index (χ1) is 10.8. The van der Waals surface area contributed by atoms with Gasteiger partial charge in [0.15, 0.2) is 0 Å². The summed E-state index contributed by atoms with van der Waals surface area (Å²) in [4.78, 5) is 12.4. The van der Waals surface area contributed by atoms with Crippen molar-refractivity contribution >= 4 is 11.6 Å². The van der Waals surface area contributed by atoms with Gasteiger partial charge in [-0.15, -0.1) is 0 Å². The lowest BCUT2D eigenvalue weighted by atomic mass is 9.70. The first-order valence-corrected chi connectivity index (χ1v) is 8.31. The van der Waals surface area contributed by atoms with Crippen molar-refractivity contribution in [1.82, 2.24) is 5.43 Å². The number of carbonyl (C=O) groups excluding carboxylic acids is 1. The van der Waals surface area contributed by atoms with Gasteiger partial charge in [0.2, 0.25) is 0 Å². The highest BCUT2D eigenvalue weighted by molar-refractivity contribution is 5.98. The van der Waals surface area contributed by atoms with Crippen LogP contribution < -0.4 is 10.2 Å². The van der Waals surface area contributed by atoms with Gasteiger partial charge in [0.05, 0.1) is 7.11 Å². The van der Waals surface area contributed by atoms with Crippen LogP contribution >= 0.6 is 0 Å². The molecule has 3 rings (SSSR count). The summed E-state index contributed by atoms with van der Waals surface area (Å²) in [5.41, 5.74) is 5.86. The summed E-state index contributed by atoms with van der Waals surface area (Å²) in [7, 11) is 1.61. The fourth-order valence-corrected chi connectivity index (χ4v) is 4.24. The average Bonchev–Trinajstić information content (AvgIpc) is 2.86. The van der Waals surface area contributed by atoms with Gasteiger partial charge < -0.3 is 4.74 Å². The molecule has 2 saturated carbocycles. The highest BCUT2D eigenvalue weighted by Gasteiger charge is 2.59. The van der Waals surface area contributed by atoms with Crippen molar-refractivity contribution < 1.29 is 9.53 Å². The lowest BCUT2D eigenvalue weighted by Gasteiger charge is -2.34. The minimum atomic E-state index is -0.181. The predicted octanol–water partition coefficient (Wildman–Crippen LogP) is 3.94. The molecule has 0 unspecified atom stereocenters. The zero-order chi connectivity index (χ0) is 16.8. The summed E-state index contributed by atoms with van der Waals surface area (Å²) in [5.74, 6) is 1.22. The van der Waals surface area contributed by atoms with E-state index in [1.54, 1.807) is 19.2 Å². The van der Waals surface area contributed by atoms with Crippen molar-refractivity contribution in [3.05, 3.63) is 29.3 Å². The van der Waals surface area contributed by atoms with Crippen molar-refractivity contribution in [2.24, 2.45) is 21.8 Å². The molecule has 0 spiro atoms. The van der Waals surface area contributed by atoms with Crippen molar-refractivity contribution in [2.45, 2.75) is 47.0 Å². The molecule has 4 heteroatoms. The second-order valence-electron chi connectivity index (χ2n) is 7.68. The zero-order valence-corrected chi connectivity index (χ0v) is 14.7. The average molecular weight is 314 g/mol. The maximum atomic E-state index is 12.4. The van der Waals surface area contributed by atoms with Gasteiger partial charge in [-0.2, -0.15) is 5.10 Å². The second kappa shape index (κ2) is 5.36. The Morgan fingerprint density at radius 3 is 2.65 bits per heavy atom. The number of aryl methyl sites for hydroxylation is 1. The van der Waals surface area contributed by atoms with E-state index in [1.807, 2.05) is 13.0 Å². The fraction of sp³-hybridized carbons (Fsp3) is 0.579. The molecule has 1 aromatic rings. The molecule has 23 heavy (non-hydrogen) atoms. The molecule has 2 aliphatic rings. The molecule has 0 saturated heterocycles. The standard InChI is InChI=1S/C19H26N2O2/c1-12-6-7-13(10-15(12)23-5)17(22)21-20-16-11-14-8-9-19(16,4)18(14,2)3/h6-7,10,14H,8-9,11H2,1-5H3,(H,21,22)/b20-16-/t14-,19+/m0/s1. The summed E-state index contributed by atoms with van der Waals surface area (Å²) in [6, 6.07) is 5.46. The minimum absolute atomic E-state index is 0.107. The lowest BCUT2D eigenvalue weighted by molar-refractivity contribution is 0.0953. The summed E-state index contributed by atoms with van der Waals surface area (Å²) in [6.07, 6.45) is 3.43. The number of hydrogen-bond acceptors (Lipinski definition) is 3. The van der Waals surface area contributed by atoms with Crippen LogP contribution in [0.25, 0.3) is 0 Å². The van der Waals surface area contributed by atoms with Crippen LogP contribution in [0, 0.1) is 23.7 Å². The fourth-order valence-electron chi connectivity index (χ4n) is 4.24. The van der Waals surface area contributed by atoms with E-state index in [4.69, 9.17) is 4.74 Å². The molecule has 0 radical (unpaired) electrons. The van der Waals surface area contributed by atoms with Crippen LogP contribution in [0.3, 0.4) is 0 Å². The van der Waals surface area contributed by atoms with E-state index in [0.29, 0.717) is 11.5 Å². The summed E-state index contributed by atoms with van der Waals surface area (Å²) < 4.78 is 5.28. The van der Waals surface area contributed by atoms with Gasteiger partial charge in [-0.1, -0.05) is 26.8 Å². The molecule has 0 aliphatic heterocycles. The Morgan fingerprint density at radius 2 is 2.09 bits per heavy atom. The Balaban J connectivity index is 1.77. The Bertz CT molecular complexity index is 678. The minimum Gasteiger partial charge on any atom is -0.496 e. The molecule has 1 aromatic carbocycles. The van der Waals surface area contributed by atoms with Crippen molar-refractivity contribution in [2.75, 3.05) is 7.11 Å².